The van der Waals surface area contributed by atoms with Crippen LogP contribution in [0.25, 0.3) is 0 Å². The summed E-state index contributed by atoms with van der Waals surface area (Å²) in [4.78, 5) is 4.79. The molecule has 21 heavy (non-hydrogen) atoms. The zero-order valence-corrected chi connectivity index (χ0v) is 13.9. The van der Waals surface area contributed by atoms with E-state index in [2.05, 4.69) is 9.73 Å². The van der Waals surface area contributed by atoms with E-state index in [0.717, 1.165) is 13.1 Å². The summed E-state index contributed by atoms with van der Waals surface area (Å²) >= 11 is 10.9. The van der Waals surface area contributed by atoms with Gasteiger partial charge in [0.05, 0.1) is 5.02 Å². The first-order valence-corrected chi connectivity index (χ1v) is 8.62. The van der Waals surface area contributed by atoms with Crippen molar-refractivity contribution in [1.82, 2.24) is 14.7 Å². The van der Waals surface area contributed by atoms with Crippen molar-refractivity contribution >= 4 is 38.8 Å². The van der Waals surface area contributed by atoms with Gasteiger partial charge >= 0.3 is 0 Å². The molecule has 0 bridgehead atoms. The highest BCUT2D eigenvalue weighted by Gasteiger charge is 2.24. The zero-order chi connectivity index (χ0) is 15.6. The molecule has 1 aliphatic heterocycles. The van der Waals surface area contributed by atoms with Crippen LogP contribution in [0.2, 0.25) is 5.02 Å². The van der Waals surface area contributed by atoms with Crippen molar-refractivity contribution in [1.29, 1.82) is 0 Å². The first-order chi connectivity index (χ1) is 9.79. The number of benzene rings is 1. The van der Waals surface area contributed by atoms with E-state index in [1.165, 1.54) is 12.1 Å². The van der Waals surface area contributed by atoms with Crippen LogP contribution in [0.1, 0.15) is 5.56 Å². The van der Waals surface area contributed by atoms with Crippen molar-refractivity contribution < 1.29 is 8.42 Å². The van der Waals surface area contributed by atoms with Crippen LogP contribution in [-0.2, 0) is 10.0 Å². The number of hydrogen-bond donors (Lipinski definition) is 2. The molecule has 116 valence electrons. The highest BCUT2D eigenvalue weighted by atomic mass is 35.5. The third-order valence-corrected chi connectivity index (χ3v) is 5.35. The largest absolute Gasteiger partial charge is 0.389 e. The summed E-state index contributed by atoms with van der Waals surface area (Å²) in [5, 5.41) is 1.80. The number of halogens is 1. The van der Waals surface area contributed by atoms with Crippen molar-refractivity contribution in [3.8, 4) is 0 Å². The standard InChI is InChI=1S/C12H17ClN4O2S2/c1-16-4-6-17(7-5-16)15-21(18,19)11-8-9(12(14)20)2-3-10(11)13/h2-3,8,15H,4-7H2,1H3,(H2,14,20). The number of hydrogen-bond acceptors (Lipinski definition) is 5. The second kappa shape index (κ2) is 6.55. The number of hydrazine groups is 1. The highest BCUT2D eigenvalue weighted by molar-refractivity contribution is 7.89. The molecular formula is C12H17ClN4O2S2. The SMILES string of the molecule is CN1CCN(NS(=O)(=O)c2cc(C(N)=S)ccc2Cl)CC1. The number of nitrogens with two attached hydrogens (primary N) is 1. The monoisotopic (exact) mass is 348 g/mol. The van der Waals surface area contributed by atoms with Crippen LogP contribution in [0, 0.1) is 0 Å². The van der Waals surface area contributed by atoms with Gasteiger partial charge in [-0.05, 0) is 19.2 Å². The van der Waals surface area contributed by atoms with Crippen molar-refractivity contribution in [2.45, 2.75) is 4.90 Å². The van der Waals surface area contributed by atoms with E-state index >= 15 is 0 Å². The van der Waals surface area contributed by atoms with Crippen LogP contribution in [0.4, 0.5) is 0 Å². The van der Waals surface area contributed by atoms with Crippen LogP contribution in [0.15, 0.2) is 23.1 Å². The number of thiocarbonyl (C=S) groups is 1. The predicted octanol–water partition coefficient (Wildman–Crippen LogP) is 0.415. The first-order valence-electron chi connectivity index (χ1n) is 6.35. The Morgan fingerprint density at radius 1 is 1.33 bits per heavy atom. The number of piperazine rings is 1. The normalized spacial score (nSPS) is 17.8. The lowest BCUT2D eigenvalue weighted by molar-refractivity contribution is 0.135. The molecule has 0 radical (unpaired) electrons. The number of nitrogens with one attached hydrogen (secondary N) is 1. The minimum Gasteiger partial charge on any atom is -0.389 e. The molecule has 1 saturated heterocycles. The molecule has 0 aliphatic carbocycles. The number of sulfonamides is 1. The van der Waals surface area contributed by atoms with Gasteiger partial charge in [0, 0.05) is 31.7 Å². The summed E-state index contributed by atoms with van der Waals surface area (Å²) in [7, 11) is -1.76. The molecule has 6 nitrogen and oxygen atoms in total. The smallest absolute Gasteiger partial charge is 0.254 e. The van der Waals surface area contributed by atoms with Crippen molar-refractivity contribution in [2.24, 2.45) is 5.73 Å². The van der Waals surface area contributed by atoms with E-state index in [-0.39, 0.29) is 14.9 Å². The maximum Gasteiger partial charge on any atom is 0.254 e. The molecule has 0 amide bonds. The molecule has 9 heteroatoms. The molecule has 0 atom stereocenters. The summed E-state index contributed by atoms with van der Waals surface area (Å²) in [5.74, 6) is 0. The molecule has 0 spiro atoms. The van der Waals surface area contributed by atoms with Gasteiger partial charge in [-0.3, -0.25) is 0 Å². The van der Waals surface area contributed by atoms with E-state index in [1.54, 1.807) is 11.1 Å². The summed E-state index contributed by atoms with van der Waals surface area (Å²) < 4.78 is 24.9. The lowest BCUT2D eigenvalue weighted by Gasteiger charge is -2.32. The average molecular weight is 349 g/mol. The summed E-state index contributed by atoms with van der Waals surface area (Å²) in [5.41, 5.74) is 6.00. The Kier molecular flexibility index (Phi) is 5.18. The summed E-state index contributed by atoms with van der Waals surface area (Å²) in [6.45, 7) is 2.82. The van der Waals surface area contributed by atoms with Gasteiger partial charge in [-0.2, -0.15) is 0 Å². The number of likely N-dealkylation sites (N-methyl/N-ethyl adjacent to an activating group) is 1. The molecule has 0 aromatic heterocycles. The Labute approximate surface area is 134 Å². The van der Waals surface area contributed by atoms with E-state index < -0.39 is 10.0 Å². The lowest BCUT2D eigenvalue weighted by Crippen LogP contribution is -2.52. The Bertz CT molecular complexity index is 643. The fourth-order valence-corrected chi connectivity index (χ4v) is 3.76. The molecule has 1 fully saturated rings. The maximum absolute atomic E-state index is 12.4. The van der Waals surface area contributed by atoms with Gasteiger partial charge in [0.2, 0.25) is 0 Å². The van der Waals surface area contributed by atoms with Crippen molar-refractivity contribution in [3.05, 3.63) is 28.8 Å². The molecular weight excluding hydrogens is 332 g/mol. The number of nitrogens with zero attached hydrogens (tertiary/aromatic N) is 2. The molecule has 1 aromatic carbocycles. The molecule has 0 saturated carbocycles. The topological polar surface area (TPSA) is 78.7 Å². The van der Waals surface area contributed by atoms with Gasteiger partial charge in [0.1, 0.15) is 9.88 Å². The quantitative estimate of drug-likeness (QED) is 0.768. The Hall–Kier alpha value is -0.770. The van der Waals surface area contributed by atoms with E-state index in [9.17, 15) is 8.42 Å². The maximum atomic E-state index is 12.4. The average Bonchev–Trinajstić information content (AvgIpc) is 2.41. The van der Waals surface area contributed by atoms with E-state index in [1.807, 2.05) is 7.05 Å². The zero-order valence-electron chi connectivity index (χ0n) is 11.5. The number of rotatable bonds is 4. The van der Waals surface area contributed by atoms with E-state index in [0.29, 0.717) is 18.7 Å². The summed E-state index contributed by atoms with van der Waals surface area (Å²) in [6, 6.07) is 4.47. The molecule has 1 aliphatic rings. The van der Waals surface area contributed by atoms with Crippen LogP contribution >= 0.6 is 23.8 Å². The third kappa shape index (κ3) is 4.12. The molecule has 3 N–H and O–H groups in total. The fraction of sp³-hybridized carbons (Fsp3) is 0.417. The Balaban J connectivity index is 2.23. The van der Waals surface area contributed by atoms with Gasteiger partial charge in [0.25, 0.3) is 10.0 Å². The minimum absolute atomic E-state index is 0.0200. The summed E-state index contributed by atoms with van der Waals surface area (Å²) in [6.07, 6.45) is 0. The molecule has 1 heterocycles. The van der Waals surface area contributed by atoms with Crippen LogP contribution in [0.3, 0.4) is 0 Å². The second-order valence-corrected chi connectivity index (χ2v) is 7.37. The van der Waals surface area contributed by atoms with Gasteiger partial charge in [-0.25, -0.2) is 13.4 Å². The van der Waals surface area contributed by atoms with Gasteiger partial charge < -0.3 is 10.6 Å². The lowest BCUT2D eigenvalue weighted by atomic mass is 10.2. The molecule has 0 unspecified atom stereocenters. The highest BCUT2D eigenvalue weighted by Crippen LogP contribution is 2.23. The van der Waals surface area contributed by atoms with Crippen LogP contribution in [-0.4, -0.2) is 56.5 Å². The molecule has 1 aromatic rings. The second-order valence-electron chi connectivity index (χ2n) is 4.89. The van der Waals surface area contributed by atoms with Gasteiger partial charge in [-0.15, -0.1) is 4.83 Å². The Morgan fingerprint density at radius 2 is 1.95 bits per heavy atom. The van der Waals surface area contributed by atoms with E-state index in [4.69, 9.17) is 29.6 Å². The van der Waals surface area contributed by atoms with Gasteiger partial charge in [0.15, 0.2) is 0 Å². The fourth-order valence-electron chi connectivity index (χ4n) is 1.98. The van der Waals surface area contributed by atoms with Crippen molar-refractivity contribution in [3.63, 3.8) is 0 Å². The van der Waals surface area contributed by atoms with Crippen LogP contribution < -0.4 is 10.6 Å². The van der Waals surface area contributed by atoms with Crippen molar-refractivity contribution in [2.75, 3.05) is 33.2 Å². The van der Waals surface area contributed by atoms with Crippen LogP contribution in [0.5, 0.6) is 0 Å². The van der Waals surface area contributed by atoms with Gasteiger partial charge in [-0.1, -0.05) is 29.9 Å². The minimum atomic E-state index is -3.75. The predicted molar refractivity (Wildman–Crippen MR) is 86.7 cm³/mol. The molecule has 2 rings (SSSR count). The first kappa shape index (κ1) is 16.6. The Morgan fingerprint density at radius 3 is 2.52 bits per heavy atom. The third-order valence-electron chi connectivity index (χ3n) is 3.26.